The molecule has 0 atom stereocenters. The zero-order valence-electron chi connectivity index (χ0n) is 16.8. The first-order valence-electron chi connectivity index (χ1n) is 9.37. The average molecular weight is 416 g/mol. The fourth-order valence-corrected chi connectivity index (χ4v) is 2.71. The monoisotopic (exact) mass is 416 g/mol. The second-order valence-corrected chi connectivity index (χ2v) is 6.21. The molecule has 0 radical (unpaired) electrons. The molecule has 0 saturated carbocycles. The predicted molar refractivity (Wildman–Crippen MR) is 108 cm³/mol. The minimum atomic E-state index is -0.745. The smallest absolute Gasteiger partial charge is 0.303 e. The standard InChI is InChI=1S/C19H18O6.C3H6O2/c1-23-12-2-4-14-16(10-12)18(21)15-5-3-13(11-17(15)19(14)22)25-9-8-24-7-6-20;1-2-3(4)5/h2-5,10-11,20H,6-9H2,1H3;2H2,1H3,(H,4,5). The van der Waals surface area contributed by atoms with E-state index in [2.05, 4.69) is 0 Å². The summed E-state index contributed by atoms with van der Waals surface area (Å²) in [7, 11) is 1.51. The van der Waals surface area contributed by atoms with Crippen LogP contribution in [0.4, 0.5) is 0 Å². The van der Waals surface area contributed by atoms with Crippen molar-refractivity contribution in [1.29, 1.82) is 0 Å². The lowest BCUT2D eigenvalue weighted by Gasteiger charge is -2.19. The van der Waals surface area contributed by atoms with Crippen LogP contribution < -0.4 is 9.47 Å². The lowest BCUT2D eigenvalue weighted by Crippen LogP contribution is -2.21. The summed E-state index contributed by atoms with van der Waals surface area (Å²) in [6.45, 7) is 2.42. The number of carboxylic acid groups (broad SMARTS) is 1. The highest BCUT2D eigenvalue weighted by atomic mass is 16.5. The zero-order chi connectivity index (χ0) is 22.1. The van der Waals surface area contributed by atoms with E-state index in [9.17, 15) is 14.4 Å². The predicted octanol–water partition coefficient (Wildman–Crippen LogP) is 2.34. The van der Waals surface area contributed by atoms with Crippen molar-refractivity contribution in [2.24, 2.45) is 0 Å². The molecule has 8 heteroatoms. The third-order valence-corrected chi connectivity index (χ3v) is 4.23. The molecule has 2 N–H and O–H groups in total. The highest BCUT2D eigenvalue weighted by molar-refractivity contribution is 6.28. The maximum Gasteiger partial charge on any atom is 0.303 e. The molecule has 0 aromatic heterocycles. The van der Waals surface area contributed by atoms with Gasteiger partial charge in [0.05, 0.1) is 26.9 Å². The number of aliphatic carboxylic acids is 1. The van der Waals surface area contributed by atoms with Crippen molar-refractivity contribution in [2.75, 3.05) is 33.5 Å². The number of rotatable bonds is 8. The van der Waals surface area contributed by atoms with Crippen LogP contribution >= 0.6 is 0 Å². The van der Waals surface area contributed by atoms with Crippen LogP contribution in [0.15, 0.2) is 36.4 Å². The van der Waals surface area contributed by atoms with E-state index in [0.29, 0.717) is 40.4 Å². The second kappa shape index (κ2) is 11.1. The van der Waals surface area contributed by atoms with E-state index in [-0.39, 0.29) is 37.8 Å². The van der Waals surface area contributed by atoms with Gasteiger partial charge < -0.3 is 24.4 Å². The number of carboxylic acids is 1. The van der Waals surface area contributed by atoms with Crippen molar-refractivity contribution in [3.63, 3.8) is 0 Å². The van der Waals surface area contributed by atoms with Gasteiger partial charge in [-0.05, 0) is 36.4 Å². The van der Waals surface area contributed by atoms with Crippen molar-refractivity contribution in [3.8, 4) is 11.5 Å². The Morgan fingerprint density at radius 1 is 0.867 bits per heavy atom. The Morgan fingerprint density at radius 2 is 1.40 bits per heavy atom. The van der Waals surface area contributed by atoms with Crippen LogP contribution in [-0.4, -0.2) is 61.3 Å². The molecule has 160 valence electrons. The van der Waals surface area contributed by atoms with Crippen LogP contribution in [0.3, 0.4) is 0 Å². The first-order chi connectivity index (χ1) is 14.4. The van der Waals surface area contributed by atoms with Gasteiger partial charge in [-0.15, -0.1) is 0 Å². The Labute approximate surface area is 174 Å². The molecular weight excluding hydrogens is 392 g/mol. The number of hydrogen-bond donors (Lipinski definition) is 2. The Hall–Kier alpha value is -3.23. The first-order valence-corrected chi connectivity index (χ1v) is 9.37. The van der Waals surface area contributed by atoms with Gasteiger partial charge >= 0.3 is 5.97 Å². The van der Waals surface area contributed by atoms with Gasteiger partial charge in [0.15, 0.2) is 11.6 Å². The van der Waals surface area contributed by atoms with E-state index < -0.39 is 5.97 Å². The van der Waals surface area contributed by atoms with Crippen LogP contribution in [0, 0.1) is 0 Å². The van der Waals surface area contributed by atoms with Crippen molar-refractivity contribution < 1.29 is 38.8 Å². The maximum atomic E-state index is 12.7. The van der Waals surface area contributed by atoms with E-state index in [0.717, 1.165) is 0 Å². The molecule has 0 unspecified atom stereocenters. The topological polar surface area (TPSA) is 119 Å². The number of hydrogen-bond acceptors (Lipinski definition) is 7. The van der Waals surface area contributed by atoms with Crippen LogP contribution in [0.1, 0.15) is 45.2 Å². The number of fused-ring (bicyclic) bond motifs is 2. The van der Waals surface area contributed by atoms with Gasteiger partial charge in [0, 0.05) is 28.7 Å². The quantitative estimate of drug-likeness (QED) is 0.537. The third-order valence-electron chi connectivity index (χ3n) is 4.23. The molecule has 0 saturated heterocycles. The van der Waals surface area contributed by atoms with Crippen LogP contribution in [0.2, 0.25) is 0 Å². The number of methoxy groups -OCH3 is 1. The lowest BCUT2D eigenvalue weighted by atomic mass is 9.84. The highest BCUT2D eigenvalue weighted by Crippen LogP contribution is 2.31. The summed E-state index contributed by atoms with van der Waals surface area (Å²) in [4.78, 5) is 34.8. The highest BCUT2D eigenvalue weighted by Gasteiger charge is 2.30. The van der Waals surface area contributed by atoms with Gasteiger partial charge in [-0.2, -0.15) is 0 Å². The number of benzene rings is 2. The van der Waals surface area contributed by atoms with Gasteiger partial charge in [-0.1, -0.05) is 6.92 Å². The van der Waals surface area contributed by atoms with Crippen molar-refractivity contribution in [2.45, 2.75) is 13.3 Å². The van der Waals surface area contributed by atoms with E-state index in [1.165, 1.54) is 7.11 Å². The molecule has 3 rings (SSSR count). The number of carbonyl (C=O) groups is 3. The van der Waals surface area contributed by atoms with E-state index in [1.54, 1.807) is 43.3 Å². The summed E-state index contributed by atoms with van der Waals surface area (Å²) >= 11 is 0. The number of carbonyl (C=O) groups excluding carboxylic acids is 2. The fourth-order valence-electron chi connectivity index (χ4n) is 2.71. The number of aliphatic hydroxyl groups is 1. The van der Waals surface area contributed by atoms with E-state index in [4.69, 9.17) is 24.4 Å². The summed E-state index contributed by atoms with van der Waals surface area (Å²) in [6.07, 6.45) is 0.222. The molecule has 0 heterocycles. The fraction of sp³-hybridized carbons (Fsp3) is 0.318. The molecule has 2 aromatic rings. The molecule has 8 nitrogen and oxygen atoms in total. The molecular formula is C22H24O8. The Bertz CT molecular complexity index is 919. The zero-order valence-corrected chi connectivity index (χ0v) is 16.8. The first kappa shape index (κ1) is 23.1. The largest absolute Gasteiger partial charge is 0.497 e. The van der Waals surface area contributed by atoms with Gasteiger partial charge in [-0.3, -0.25) is 14.4 Å². The molecule has 1 aliphatic carbocycles. The SMILES string of the molecule is CCC(=O)O.COc1ccc2c(c1)C(=O)c1ccc(OCCOCCO)cc1C2=O. The van der Waals surface area contributed by atoms with Gasteiger partial charge in [0.2, 0.25) is 0 Å². The Balaban J connectivity index is 0.000000575. The summed E-state index contributed by atoms with van der Waals surface area (Å²) in [6, 6.07) is 9.68. The number of ether oxygens (including phenoxy) is 3. The van der Waals surface area contributed by atoms with Gasteiger partial charge in [0.25, 0.3) is 0 Å². The van der Waals surface area contributed by atoms with Crippen LogP contribution in [0.25, 0.3) is 0 Å². The molecule has 2 aromatic carbocycles. The van der Waals surface area contributed by atoms with E-state index in [1.807, 2.05) is 0 Å². The molecule has 0 aliphatic heterocycles. The molecule has 0 bridgehead atoms. The summed E-state index contributed by atoms with van der Waals surface area (Å²) < 4.78 is 15.8. The second-order valence-electron chi connectivity index (χ2n) is 6.21. The molecule has 0 spiro atoms. The van der Waals surface area contributed by atoms with E-state index >= 15 is 0 Å². The molecule has 0 amide bonds. The minimum Gasteiger partial charge on any atom is -0.497 e. The number of ketones is 2. The Kier molecular flexibility index (Phi) is 8.52. The Morgan fingerprint density at radius 3 is 1.90 bits per heavy atom. The van der Waals surface area contributed by atoms with Gasteiger partial charge in [-0.25, -0.2) is 0 Å². The average Bonchev–Trinajstić information content (AvgIpc) is 2.77. The van der Waals surface area contributed by atoms with Crippen LogP contribution in [-0.2, 0) is 9.53 Å². The maximum absolute atomic E-state index is 12.7. The third kappa shape index (κ3) is 5.65. The van der Waals surface area contributed by atoms with Crippen LogP contribution in [0.5, 0.6) is 11.5 Å². The molecule has 1 aliphatic rings. The summed E-state index contributed by atoms with van der Waals surface area (Å²) in [5.41, 5.74) is 1.40. The lowest BCUT2D eigenvalue weighted by molar-refractivity contribution is -0.136. The summed E-state index contributed by atoms with van der Waals surface area (Å²) in [5, 5.41) is 16.4. The molecule has 30 heavy (non-hydrogen) atoms. The van der Waals surface area contributed by atoms with Crippen molar-refractivity contribution in [3.05, 3.63) is 58.7 Å². The van der Waals surface area contributed by atoms with Crippen molar-refractivity contribution >= 4 is 17.5 Å². The van der Waals surface area contributed by atoms with Crippen molar-refractivity contribution in [1.82, 2.24) is 0 Å². The van der Waals surface area contributed by atoms with Gasteiger partial charge in [0.1, 0.15) is 18.1 Å². The molecule has 0 fully saturated rings. The summed E-state index contributed by atoms with van der Waals surface area (Å²) in [5.74, 6) is -0.142. The normalized spacial score (nSPS) is 11.7. The number of aliphatic hydroxyl groups excluding tert-OH is 1. The minimum absolute atomic E-state index is 0.0420.